The first-order chi connectivity index (χ1) is 14.2. The van der Waals surface area contributed by atoms with Crippen molar-refractivity contribution in [1.82, 2.24) is 19.8 Å². The van der Waals surface area contributed by atoms with Gasteiger partial charge in [-0.1, -0.05) is 75.2 Å². The molecule has 2 aromatic heterocycles. The third-order valence-corrected chi connectivity index (χ3v) is 5.62. The Labute approximate surface area is 180 Å². The van der Waals surface area contributed by atoms with Crippen LogP contribution in [0.5, 0.6) is 0 Å². The maximum atomic E-state index is 6.32. The zero-order valence-corrected chi connectivity index (χ0v) is 17.5. The molecule has 5 aromatic rings. The number of para-hydroxylation sites is 1. The van der Waals surface area contributed by atoms with Crippen molar-refractivity contribution in [1.29, 1.82) is 0 Å². The third kappa shape index (κ3) is 3.34. The van der Waals surface area contributed by atoms with E-state index in [0.29, 0.717) is 12.2 Å². The van der Waals surface area contributed by atoms with E-state index in [1.54, 1.807) is 4.52 Å². The molecule has 0 aliphatic rings. The van der Waals surface area contributed by atoms with Gasteiger partial charge in [-0.25, -0.2) is 4.98 Å². The molecule has 5 rings (SSSR count). The summed E-state index contributed by atoms with van der Waals surface area (Å²) in [6.45, 7) is 0.570. The molecule has 0 saturated heterocycles. The second kappa shape index (κ2) is 7.46. The summed E-state index contributed by atoms with van der Waals surface area (Å²) in [7, 11) is 0. The van der Waals surface area contributed by atoms with Crippen LogP contribution in [0.25, 0.3) is 27.8 Å². The van der Waals surface area contributed by atoms with Crippen LogP contribution in [0.2, 0.25) is 5.02 Å². The van der Waals surface area contributed by atoms with Gasteiger partial charge in [0.05, 0.1) is 5.52 Å². The number of rotatable bonds is 4. The average Bonchev–Trinajstić information content (AvgIpc) is 3.17. The summed E-state index contributed by atoms with van der Waals surface area (Å²) in [5.74, 6) is 0.770. The summed E-state index contributed by atoms with van der Waals surface area (Å²) in [6.07, 6.45) is 0. The lowest BCUT2D eigenvalue weighted by molar-refractivity contribution is 0.876. The quantitative estimate of drug-likeness (QED) is 0.356. The topological polar surface area (TPSA) is 55.1 Å². The fraction of sp³-hybridized carbons (Fsp3) is 0.0455. The van der Waals surface area contributed by atoms with E-state index in [9.17, 15) is 0 Å². The van der Waals surface area contributed by atoms with E-state index in [1.807, 2.05) is 72.8 Å². The SMILES string of the molecule is Clc1ccccc1CNc1nc2c(-c3cccc(Br)c3)nnn2c2ccccc12. The van der Waals surface area contributed by atoms with E-state index in [1.165, 1.54) is 0 Å². The zero-order valence-electron chi connectivity index (χ0n) is 15.2. The third-order valence-electron chi connectivity index (χ3n) is 4.75. The largest absolute Gasteiger partial charge is 0.365 e. The van der Waals surface area contributed by atoms with Gasteiger partial charge in [0.15, 0.2) is 5.65 Å². The molecule has 0 aliphatic carbocycles. The molecule has 0 spiro atoms. The second-order valence-electron chi connectivity index (χ2n) is 6.61. The number of aromatic nitrogens is 4. The van der Waals surface area contributed by atoms with Crippen molar-refractivity contribution in [3.8, 4) is 11.3 Å². The average molecular weight is 465 g/mol. The van der Waals surface area contributed by atoms with E-state index >= 15 is 0 Å². The summed E-state index contributed by atoms with van der Waals surface area (Å²) in [5.41, 5.74) is 4.34. The van der Waals surface area contributed by atoms with E-state index in [2.05, 4.69) is 31.6 Å². The van der Waals surface area contributed by atoms with Crippen LogP contribution in [0.15, 0.2) is 77.3 Å². The van der Waals surface area contributed by atoms with Crippen molar-refractivity contribution in [2.75, 3.05) is 5.32 Å². The first kappa shape index (κ1) is 18.1. The smallest absolute Gasteiger partial charge is 0.186 e. The number of benzene rings is 3. The highest BCUT2D eigenvalue weighted by Gasteiger charge is 2.16. The molecule has 0 aliphatic heterocycles. The van der Waals surface area contributed by atoms with E-state index < -0.39 is 0 Å². The van der Waals surface area contributed by atoms with Gasteiger partial charge < -0.3 is 5.32 Å². The maximum absolute atomic E-state index is 6.32. The highest BCUT2D eigenvalue weighted by molar-refractivity contribution is 9.10. The first-order valence-corrected chi connectivity index (χ1v) is 10.3. The van der Waals surface area contributed by atoms with Crippen LogP contribution >= 0.6 is 27.5 Å². The maximum Gasteiger partial charge on any atom is 0.186 e. The van der Waals surface area contributed by atoms with Gasteiger partial charge in [-0.2, -0.15) is 4.52 Å². The van der Waals surface area contributed by atoms with Gasteiger partial charge in [0.1, 0.15) is 11.5 Å². The minimum absolute atomic E-state index is 0.570. The Balaban J connectivity index is 1.66. The lowest BCUT2D eigenvalue weighted by atomic mass is 10.1. The van der Waals surface area contributed by atoms with Crippen molar-refractivity contribution in [2.45, 2.75) is 6.54 Å². The van der Waals surface area contributed by atoms with Crippen LogP contribution in [0, 0.1) is 0 Å². The number of anilines is 1. The summed E-state index contributed by atoms with van der Waals surface area (Å²) < 4.78 is 2.76. The highest BCUT2D eigenvalue weighted by atomic mass is 79.9. The van der Waals surface area contributed by atoms with Crippen LogP contribution in [0.1, 0.15) is 5.56 Å². The molecule has 0 amide bonds. The lowest BCUT2D eigenvalue weighted by Gasteiger charge is -2.11. The highest BCUT2D eigenvalue weighted by Crippen LogP contribution is 2.29. The number of nitrogens with one attached hydrogen (secondary N) is 1. The van der Waals surface area contributed by atoms with Gasteiger partial charge in [-0.3, -0.25) is 0 Å². The standard InChI is InChI=1S/C22H15BrClN5/c23-16-8-5-7-14(12-16)20-22-26-21(25-13-15-6-1-3-10-18(15)24)17-9-2-4-11-19(17)29(22)28-27-20/h1-12H,13H2,(H,25,26). The van der Waals surface area contributed by atoms with Crippen LogP contribution < -0.4 is 5.32 Å². The van der Waals surface area contributed by atoms with Crippen molar-refractivity contribution in [3.05, 3.63) is 87.9 Å². The Hall–Kier alpha value is -2.96. The van der Waals surface area contributed by atoms with Gasteiger partial charge in [0.25, 0.3) is 0 Å². The van der Waals surface area contributed by atoms with Crippen molar-refractivity contribution in [2.24, 2.45) is 0 Å². The summed E-state index contributed by atoms with van der Waals surface area (Å²) in [5, 5.41) is 13.9. The molecule has 29 heavy (non-hydrogen) atoms. The van der Waals surface area contributed by atoms with Crippen LogP contribution in [-0.2, 0) is 6.54 Å². The van der Waals surface area contributed by atoms with E-state index in [0.717, 1.165) is 43.0 Å². The molecule has 2 heterocycles. The Morgan fingerprint density at radius 1 is 0.966 bits per heavy atom. The van der Waals surface area contributed by atoms with Gasteiger partial charge in [0, 0.05) is 27.0 Å². The number of nitrogens with zero attached hydrogens (tertiary/aromatic N) is 4. The molecule has 142 valence electrons. The normalized spacial score (nSPS) is 11.2. The fourth-order valence-electron chi connectivity index (χ4n) is 3.34. The van der Waals surface area contributed by atoms with Gasteiger partial charge in [-0.15, -0.1) is 5.10 Å². The van der Waals surface area contributed by atoms with Gasteiger partial charge in [-0.05, 0) is 35.9 Å². The van der Waals surface area contributed by atoms with Crippen LogP contribution in [-0.4, -0.2) is 19.8 Å². The predicted octanol–water partition coefficient (Wildman–Crippen LogP) is 5.97. The minimum atomic E-state index is 0.570. The molecule has 0 radical (unpaired) electrons. The summed E-state index contributed by atoms with van der Waals surface area (Å²) in [4.78, 5) is 4.88. The van der Waals surface area contributed by atoms with E-state index in [4.69, 9.17) is 16.6 Å². The zero-order chi connectivity index (χ0) is 19.8. The summed E-state index contributed by atoms with van der Waals surface area (Å²) in [6, 6.07) is 23.8. The molecule has 5 nitrogen and oxygen atoms in total. The Bertz CT molecular complexity index is 1350. The number of hydrogen-bond acceptors (Lipinski definition) is 4. The molecule has 0 fully saturated rings. The molecule has 3 aromatic carbocycles. The molecular weight excluding hydrogens is 450 g/mol. The monoisotopic (exact) mass is 463 g/mol. The Morgan fingerprint density at radius 2 is 1.79 bits per heavy atom. The molecule has 0 unspecified atom stereocenters. The van der Waals surface area contributed by atoms with E-state index in [-0.39, 0.29) is 0 Å². The fourth-order valence-corrected chi connectivity index (χ4v) is 3.94. The van der Waals surface area contributed by atoms with Crippen molar-refractivity contribution in [3.63, 3.8) is 0 Å². The number of fused-ring (bicyclic) bond motifs is 3. The minimum Gasteiger partial charge on any atom is -0.365 e. The van der Waals surface area contributed by atoms with Crippen LogP contribution in [0.4, 0.5) is 5.82 Å². The van der Waals surface area contributed by atoms with Crippen molar-refractivity contribution >= 4 is 49.9 Å². The molecular formula is C22H15BrClN5. The molecule has 0 saturated carbocycles. The molecule has 1 N–H and O–H groups in total. The first-order valence-electron chi connectivity index (χ1n) is 9.08. The van der Waals surface area contributed by atoms with Gasteiger partial charge >= 0.3 is 0 Å². The predicted molar refractivity (Wildman–Crippen MR) is 120 cm³/mol. The lowest BCUT2D eigenvalue weighted by Crippen LogP contribution is -2.05. The molecule has 7 heteroatoms. The summed E-state index contributed by atoms with van der Waals surface area (Å²) >= 11 is 9.84. The number of halogens is 2. The molecule has 0 bridgehead atoms. The number of hydrogen-bond donors (Lipinski definition) is 1. The molecule has 0 atom stereocenters. The van der Waals surface area contributed by atoms with Gasteiger partial charge in [0.2, 0.25) is 0 Å². The Morgan fingerprint density at radius 3 is 2.66 bits per heavy atom. The van der Waals surface area contributed by atoms with Crippen molar-refractivity contribution < 1.29 is 0 Å². The van der Waals surface area contributed by atoms with Crippen LogP contribution in [0.3, 0.4) is 0 Å². The Kier molecular flexibility index (Phi) is 4.66. The second-order valence-corrected chi connectivity index (χ2v) is 7.93.